The van der Waals surface area contributed by atoms with Gasteiger partial charge in [-0.1, -0.05) is 91.0 Å². The lowest BCUT2D eigenvalue weighted by molar-refractivity contribution is 0.643. The predicted molar refractivity (Wildman–Crippen MR) is 101 cm³/mol. The maximum absolute atomic E-state index is 3.86. The lowest BCUT2D eigenvalue weighted by Gasteiger charge is -2.07. The molecule has 0 heteroatoms. The lowest BCUT2D eigenvalue weighted by Crippen LogP contribution is -1.95. The van der Waals surface area contributed by atoms with Gasteiger partial charge < -0.3 is 0 Å². The molecule has 0 heterocycles. The predicted octanol–water partition coefficient (Wildman–Crippen LogP) is 6.39. The molecule has 1 fully saturated rings. The lowest BCUT2D eigenvalue weighted by atomic mass is 9.97. The molecule has 0 saturated heterocycles. The molecular formula is C23H24. The first-order valence-corrected chi connectivity index (χ1v) is 8.42. The van der Waals surface area contributed by atoms with Crippen molar-refractivity contribution in [2.24, 2.45) is 11.3 Å². The Bertz CT molecular complexity index is 627. The van der Waals surface area contributed by atoms with Crippen LogP contribution in [0.4, 0.5) is 0 Å². The Morgan fingerprint density at radius 3 is 1.87 bits per heavy atom. The first-order chi connectivity index (χ1) is 11.3. The van der Waals surface area contributed by atoms with Gasteiger partial charge in [-0.2, -0.15) is 0 Å². The Labute approximate surface area is 139 Å². The van der Waals surface area contributed by atoms with Crippen molar-refractivity contribution in [1.82, 2.24) is 0 Å². The summed E-state index contributed by atoms with van der Waals surface area (Å²) in [7, 11) is 0. The SMILES string of the molecule is C=CCC[C@@H]1CC1(/C=C/c1ccccc1)/C=C/c1ccccc1. The minimum atomic E-state index is 0.217. The number of benzene rings is 2. The molecule has 2 aromatic rings. The molecule has 3 rings (SSSR count). The second kappa shape index (κ2) is 7.28. The fraction of sp³-hybridized carbons (Fsp3) is 0.217. The third-order valence-corrected chi connectivity index (χ3v) is 4.69. The molecule has 1 aliphatic carbocycles. The number of allylic oxidation sites excluding steroid dienone is 3. The number of rotatable bonds is 7. The topological polar surface area (TPSA) is 0 Å². The van der Waals surface area contributed by atoms with Crippen LogP contribution in [0, 0.1) is 11.3 Å². The summed E-state index contributed by atoms with van der Waals surface area (Å²) in [6, 6.07) is 21.1. The van der Waals surface area contributed by atoms with Crippen LogP contribution < -0.4 is 0 Å². The molecule has 0 spiro atoms. The van der Waals surface area contributed by atoms with E-state index in [0.717, 1.165) is 12.3 Å². The van der Waals surface area contributed by atoms with Gasteiger partial charge in [0.05, 0.1) is 0 Å². The van der Waals surface area contributed by atoms with Crippen molar-refractivity contribution >= 4 is 12.2 Å². The van der Waals surface area contributed by atoms with E-state index in [0.29, 0.717) is 0 Å². The van der Waals surface area contributed by atoms with E-state index in [9.17, 15) is 0 Å². The minimum absolute atomic E-state index is 0.217. The quantitative estimate of drug-likeness (QED) is 0.520. The van der Waals surface area contributed by atoms with Gasteiger partial charge in [-0.3, -0.25) is 0 Å². The molecule has 1 atom stereocenters. The highest BCUT2D eigenvalue weighted by Crippen LogP contribution is 2.58. The third kappa shape index (κ3) is 4.10. The van der Waals surface area contributed by atoms with E-state index in [-0.39, 0.29) is 5.41 Å². The molecule has 0 unspecified atom stereocenters. The number of hydrogen-bond acceptors (Lipinski definition) is 0. The fourth-order valence-corrected chi connectivity index (χ4v) is 3.15. The van der Waals surface area contributed by atoms with Crippen molar-refractivity contribution in [3.63, 3.8) is 0 Å². The van der Waals surface area contributed by atoms with Gasteiger partial charge in [0.25, 0.3) is 0 Å². The monoisotopic (exact) mass is 300 g/mol. The molecule has 0 N–H and O–H groups in total. The summed E-state index contributed by atoms with van der Waals surface area (Å²) in [4.78, 5) is 0. The van der Waals surface area contributed by atoms with Crippen LogP contribution in [0.2, 0.25) is 0 Å². The van der Waals surface area contributed by atoms with E-state index >= 15 is 0 Å². The summed E-state index contributed by atoms with van der Waals surface area (Å²) in [5, 5.41) is 0. The summed E-state index contributed by atoms with van der Waals surface area (Å²) in [5.41, 5.74) is 2.76. The summed E-state index contributed by atoms with van der Waals surface area (Å²) in [6.45, 7) is 3.86. The Hall–Kier alpha value is -2.34. The zero-order valence-electron chi connectivity index (χ0n) is 13.6. The Kier molecular flexibility index (Phi) is 4.92. The van der Waals surface area contributed by atoms with Crippen molar-refractivity contribution in [3.8, 4) is 0 Å². The van der Waals surface area contributed by atoms with Crippen LogP contribution in [0.15, 0.2) is 85.5 Å². The highest BCUT2D eigenvalue weighted by atomic mass is 14.5. The zero-order valence-corrected chi connectivity index (χ0v) is 13.6. The van der Waals surface area contributed by atoms with Gasteiger partial charge in [-0.05, 0) is 36.3 Å². The normalized spacial score (nSPS) is 19.2. The van der Waals surface area contributed by atoms with E-state index in [1.165, 1.54) is 24.0 Å². The second-order valence-electron chi connectivity index (χ2n) is 6.37. The average Bonchev–Trinajstić information content (AvgIpc) is 3.32. The molecule has 1 aliphatic rings. The molecule has 0 amide bonds. The average molecular weight is 300 g/mol. The summed E-state index contributed by atoms with van der Waals surface area (Å²) in [6.07, 6.45) is 14.9. The van der Waals surface area contributed by atoms with Crippen molar-refractivity contribution in [2.75, 3.05) is 0 Å². The molecule has 1 saturated carbocycles. The molecule has 116 valence electrons. The molecule has 0 aromatic heterocycles. The summed E-state index contributed by atoms with van der Waals surface area (Å²) in [5.74, 6) is 0.737. The van der Waals surface area contributed by atoms with Crippen LogP contribution in [-0.2, 0) is 0 Å². The molecule has 0 aliphatic heterocycles. The van der Waals surface area contributed by atoms with E-state index in [1.807, 2.05) is 6.08 Å². The molecular weight excluding hydrogens is 276 g/mol. The number of hydrogen-bond donors (Lipinski definition) is 0. The maximum Gasteiger partial charge on any atom is 0.00993 e. The van der Waals surface area contributed by atoms with Gasteiger partial charge in [0.2, 0.25) is 0 Å². The maximum atomic E-state index is 3.86. The second-order valence-corrected chi connectivity index (χ2v) is 6.37. The van der Waals surface area contributed by atoms with Gasteiger partial charge in [0.15, 0.2) is 0 Å². The minimum Gasteiger partial charge on any atom is -0.103 e. The van der Waals surface area contributed by atoms with Gasteiger partial charge in [0, 0.05) is 5.41 Å². The van der Waals surface area contributed by atoms with Crippen LogP contribution in [0.1, 0.15) is 30.4 Å². The van der Waals surface area contributed by atoms with Crippen LogP contribution in [-0.4, -0.2) is 0 Å². The first kappa shape index (κ1) is 15.6. The molecule has 23 heavy (non-hydrogen) atoms. The van der Waals surface area contributed by atoms with Crippen LogP contribution >= 0.6 is 0 Å². The van der Waals surface area contributed by atoms with Crippen LogP contribution in [0.5, 0.6) is 0 Å². The fourth-order valence-electron chi connectivity index (χ4n) is 3.15. The summed E-state index contributed by atoms with van der Waals surface area (Å²) >= 11 is 0. The molecule has 0 radical (unpaired) electrons. The van der Waals surface area contributed by atoms with E-state index in [1.54, 1.807) is 0 Å². The van der Waals surface area contributed by atoms with Crippen molar-refractivity contribution in [1.29, 1.82) is 0 Å². The van der Waals surface area contributed by atoms with Gasteiger partial charge >= 0.3 is 0 Å². The standard InChI is InChI=1S/C23H24/c1-2-3-14-22-19-23(22,17-15-20-10-6-4-7-11-20)18-16-21-12-8-5-9-13-21/h2,4-13,15-18,22H,1,3,14,19H2/b17-15+,18-16+/t22-/m1/s1. The first-order valence-electron chi connectivity index (χ1n) is 8.42. The van der Waals surface area contributed by atoms with E-state index in [4.69, 9.17) is 0 Å². The smallest absolute Gasteiger partial charge is 0.00993 e. The van der Waals surface area contributed by atoms with Gasteiger partial charge in [-0.25, -0.2) is 0 Å². The Morgan fingerprint density at radius 2 is 1.39 bits per heavy atom. The molecule has 0 bridgehead atoms. The van der Waals surface area contributed by atoms with E-state index < -0.39 is 0 Å². The third-order valence-electron chi connectivity index (χ3n) is 4.69. The highest BCUT2D eigenvalue weighted by molar-refractivity contribution is 5.56. The Morgan fingerprint density at radius 1 is 0.870 bits per heavy atom. The Balaban J connectivity index is 1.77. The zero-order chi connectivity index (χ0) is 16.0. The highest BCUT2D eigenvalue weighted by Gasteiger charge is 2.48. The van der Waals surface area contributed by atoms with Gasteiger partial charge in [0.1, 0.15) is 0 Å². The van der Waals surface area contributed by atoms with Gasteiger partial charge in [-0.15, -0.1) is 6.58 Å². The van der Waals surface area contributed by atoms with Crippen molar-refractivity contribution < 1.29 is 0 Å². The molecule has 2 aromatic carbocycles. The van der Waals surface area contributed by atoms with Crippen molar-refractivity contribution in [2.45, 2.75) is 19.3 Å². The summed E-state index contributed by atoms with van der Waals surface area (Å²) < 4.78 is 0. The van der Waals surface area contributed by atoms with Crippen LogP contribution in [0.3, 0.4) is 0 Å². The van der Waals surface area contributed by atoms with Crippen LogP contribution in [0.25, 0.3) is 12.2 Å². The van der Waals surface area contributed by atoms with Crippen molar-refractivity contribution in [3.05, 3.63) is 96.6 Å². The molecule has 0 nitrogen and oxygen atoms in total. The largest absolute Gasteiger partial charge is 0.103 e. The van der Waals surface area contributed by atoms with E-state index in [2.05, 4.69) is 91.5 Å².